The first-order chi connectivity index (χ1) is 8.29. The van der Waals surface area contributed by atoms with Crippen molar-refractivity contribution >= 4 is 17.2 Å². The smallest absolute Gasteiger partial charge is 0.0715 e. The summed E-state index contributed by atoms with van der Waals surface area (Å²) < 4.78 is 0. The van der Waals surface area contributed by atoms with Crippen LogP contribution in [0.3, 0.4) is 0 Å². The SMILES string of the molecule is OC(CCl)Cc1ccc(C2=CCCCC2)cc1. The molecule has 92 valence electrons. The van der Waals surface area contributed by atoms with Crippen molar-refractivity contribution < 1.29 is 5.11 Å². The molecule has 1 aliphatic carbocycles. The molecule has 1 aromatic carbocycles. The second-order valence-electron chi connectivity index (χ2n) is 4.68. The Labute approximate surface area is 108 Å². The topological polar surface area (TPSA) is 20.2 Å². The highest BCUT2D eigenvalue weighted by Crippen LogP contribution is 2.26. The number of halogens is 1. The van der Waals surface area contributed by atoms with Gasteiger partial charge >= 0.3 is 0 Å². The van der Waals surface area contributed by atoms with Crippen LogP contribution in [-0.4, -0.2) is 17.1 Å². The average molecular weight is 251 g/mol. The minimum atomic E-state index is -0.434. The van der Waals surface area contributed by atoms with E-state index in [9.17, 15) is 5.11 Å². The van der Waals surface area contributed by atoms with Crippen LogP contribution in [0.2, 0.25) is 0 Å². The lowest BCUT2D eigenvalue weighted by Crippen LogP contribution is -2.11. The predicted octanol–water partition coefficient (Wildman–Crippen LogP) is 3.79. The first-order valence-electron chi connectivity index (χ1n) is 6.32. The van der Waals surface area contributed by atoms with Crippen molar-refractivity contribution in [2.45, 2.75) is 38.2 Å². The van der Waals surface area contributed by atoms with E-state index in [0.29, 0.717) is 12.3 Å². The second-order valence-corrected chi connectivity index (χ2v) is 4.99. The summed E-state index contributed by atoms with van der Waals surface area (Å²) in [5.41, 5.74) is 3.95. The van der Waals surface area contributed by atoms with Crippen molar-refractivity contribution in [2.75, 3.05) is 5.88 Å². The quantitative estimate of drug-likeness (QED) is 0.807. The molecule has 17 heavy (non-hydrogen) atoms. The third-order valence-corrected chi connectivity index (χ3v) is 3.62. The summed E-state index contributed by atoms with van der Waals surface area (Å²) in [5.74, 6) is 0.299. The van der Waals surface area contributed by atoms with Gasteiger partial charge in [0, 0.05) is 5.88 Å². The van der Waals surface area contributed by atoms with Gasteiger partial charge in [-0.15, -0.1) is 11.6 Å². The van der Waals surface area contributed by atoms with Gasteiger partial charge in [0.2, 0.25) is 0 Å². The molecule has 0 fully saturated rings. The Hall–Kier alpha value is -0.790. The Morgan fingerprint density at radius 3 is 2.53 bits per heavy atom. The minimum Gasteiger partial charge on any atom is -0.392 e. The molecule has 0 heterocycles. The van der Waals surface area contributed by atoms with Gasteiger partial charge in [-0.2, -0.15) is 0 Å². The number of allylic oxidation sites excluding steroid dienone is 2. The summed E-state index contributed by atoms with van der Waals surface area (Å²) in [7, 11) is 0. The van der Waals surface area contributed by atoms with E-state index in [4.69, 9.17) is 11.6 Å². The van der Waals surface area contributed by atoms with Crippen LogP contribution in [0.5, 0.6) is 0 Å². The molecule has 0 radical (unpaired) electrons. The fourth-order valence-corrected chi connectivity index (χ4v) is 2.39. The first-order valence-corrected chi connectivity index (χ1v) is 6.85. The number of aliphatic hydroxyl groups excluding tert-OH is 1. The van der Waals surface area contributed by atoms with Crippen LogP contribution in [0.15, 0.2) is 30.3 Å². The number of benzene rings is 1. The van der Waals surface area contributed by atoms with Gasteiger partial charge in [0.1, 0.15) is 0 Å². The molecule has 1 N–H and O–H groups in total. The van der Waals surface area contributed by atoms with Crippen LogP contribution < -0.4 is 0 Å². The van der Waals surface area contributed by atoms with Gasteiger partial charge in [0.05, 0.1) is 6.10 Å². The van der Waals surface area contributed by atoms with Crippen molar-refractivity contribution in [3.63, 3.8) is 0 Å². The standard InChI is InChI=1S/C15H19ClO/c16-11-15(17)10-12-6-8-14(9-7-12)13-4-2-1-3-5-13/h4,6-9,15,17H,1-3,5,10-11H2. The average Bonchev–Trinajstić information content (AvgIpc) is 2.40. The van der Waals surface area contributed by atoms with Gasteiger partial charge < -0.3 is 5.11 Å². The molecule has 0 saturated carbocycles. The molecule has 0 saturated heterocycles. The molecule has 0 aliphatic heterocycles. The fourth-order valence-electron chi connectivity index (χ4n) is 2.28. The van der Waals surface area contributed by atoms with E-state index in [0.717, 1.165) is 5.56 Å². The third-order valence-electron chi connectivity index (χ3n) is 3.27. The first kappa shape index (κ1) is 12.7. The van der Waals surface area contributed by atoms with Gasteiger partial charge in [-0.25, -0.2) is 0 Å². The van der Waals surface area contributed by atoms with E-state index < -0.39 is 6.10 Å². The monoisotopic (exact) mass is 250 g/mol. The van der Waals surface area contributed by atoms with E-state index in [1.165, 1.54) is 36.8 Å². The molecule has 1 aromatic rings. The van der Waals surface area contributed by atoms with E-state index in [1.807, 2.05) is 0 Å². The lowest BCUT2D eigenvalue weighted by atomic mass is 9.93. The summed E-state index contributed by atoms with van der Waals surface area (Å²) in [5, 5.41) is 9.49. The van der Waals surface area contributed by atoms with Crippen LogP contribution in [0.1, 0.15) is 36.8 Å². The molecular weight excluding hydrogens is 232 g/mol. The maximum absolute atomic E-state index is 9.49. The third kappa shape index (κ3) is 3.58. The highest BCUT2D eigenvalue weighted by Gasteiger charge is 2.07. The predicted molar refractivity (Wildman–Crippen MR) is 73.3 cm³/mol. The number of hydrogen-bond donors (Lipinski definition) is 1. The van der Waals surface area contributed by atoms with E-state index >= 15 is 0 Å². The van der Waals surface area contributed by atoms with Crippen molar-refractivity contribution in [3.05, 3.63) is 41.5 Å². The summed E-state index contributed by atoms with van der Waals surface area (Å²) in [4.78, 5) is 0. The molecule has 0 aromatic heterocycles. The molecular formula is C15H19ClO. The molecule has 2 rings (SSSR count). The van der Waals surface area contributed by atoms with Crippen LogP contribution in [0.4, 0.5) is 0 Å². The number of aliphatic hydroxyl groups is 1. The van der Waals surface area contributed by atoms with Crippen molar-refractivity contribution in [3.8, 4) is 0 Å². The summed E-state index contributed by atoms with van der Waals surface area (Å²) >= 11 is 5.60. The van der Waals surface area contributed by atoms with Crippen molar-refractivity contribution in [1.29, 1.82) is 0 Å². The van der Waals surface area contributed by atoms with Gasteiger partial charge in [-0.3, -0.25) is 0 Å². The molecule has 1 atom stereocenters. The Morgan fingerprint density at radius 1 is 1.18 bits per heavy atom. The largest absolute Gasteiger partial charge is 0.392 e. The molecule has 2 heteroatoms. The maximum atomic E-state index is 9.49. The molecule has 1 aliphatic rings. The minimum absolute atomic E-state index is 0.299. The van der Waals surface area contributed by atoms with Crippen molar-refractivity contribution in [2.24, 2.45) is 0 Å². The van der Waals surface area contributed by atoms with Crippen LogP contribution in [0.25, 0.3) is 5.57 Å². The number of hydrogen-bond acceptors (Lipinski definition) is 1. The molecule has 0 bridgehead atoms. The summed E-state index contributed by atoms with van der Waals surface area (Å²) in [6.07, 6.45) is 7.60. The van der Waals surface area contributed by atoms with E-state index in [1.54, 1.807) is 0 Å². The second kappa shape index (κ2) is 6.23. The van der Waals surface area contributed by atoms with Crippen LogP contribution >= 0.6 is 11.6 Å². The molecule has 0 amide bonds. The highest BCUT2D eigenvalue weighted by atomic mass is 35.5. The Kier molecular flexibility index (Phi) is 4.64. The zero-order chi connectivity index (χ0) is 12.1. The van der Waals surface area contributed by atoms with Crippen molar-refractivity contribution in [1.82, 2.24) is 0 Å². The Bertz CT molecular complexity index is 380. The van der Waals surface area contributed by atoms with Gasteiger partial charge in [-0.05, 0) is 48.8 Å². The Balaban J connectivity index is 2.04. The maximum Gasteiger partial charge on any atom is 0.0715 e. The highest BCUT2D eigenvalue weighted by molar-refractivity contribution is 6.18. The van der Waals surface area contributed by atoms with Crippen LogP contribution in [-0.2, 0) is 6.42 Å². The van der Waals surface area contributed by atoms with E-state index in [2.05, 4.69) is 30.3 Å². The summed E-state index contributed by atoms with van der Waals surface area (Å²) in [6, 6.07) is 8.52. The normalized spacial score (nSPS) is 17.6. The number of alkyl halides is 1. The number of rotatable bonds is 4. The van der Waals surface area contributed by atoms with Gasteiger partial charge in [0.25, 0.3) is 0 Å². The van der Waals surface area contributed by atoms with Crippen LogP contribution in [0, 0.1) is 0 Å². The fraction of sp³-hybridized carbons (Fsp3) is 0.467. The molecule has 1 unspecified atom stereocenters. The van der Waals surface area contributed by atoms with Gasteiger partial charge in [-0.1, -0.05) is 30.3 Å². The van der Waals surface area contributed by atoms with Gasteiger partial charge in [0.15, 0.2) is 0 Å². The molecule has 1 nitrogen and oxygen atoms in total. The Morgan fingerprint density at radius 2 is 1.94 bits per heavy atom. The zero-order valence-electron chi connectivity index (χ0n) is 10.0. The molecule has 0 spiro atoms. The zero-order valence-corrected chi connectivity index (χ0v) is 10.8. The lowest BCUT2D eigenvalue weighted by Gasteiger charge is -2.13. The van der Waals surface area contributed by atoms with E-state index in [-0.39, 0.29) is 0 Å². The summed E-state index contributed by atoms with van der Waals surface area (Å²) in [6.45, 7) is 0. The lowest BCUT2D eigenvalue weighted by molar-refractivity contribution is 0.199.